The van der Waals surface area contributed by atoms with Crippen molar-refractivity contribution in [1.82, 2.24) is 5.32 Å². The van der Waals surface area contributed by atoms with Crippen LogP contribution in [0.15, 0.2) is 28.7 Å². The maximum absolute atomic E-state index is 13.3. The van der Waals surface area contributed by atoms with Crippen molar-refractivity contribution in [2.45, 2.75) is 25.3 Å². The molecule has 2 aromatic rings. The van der Waals surface area contributed by atoms with Crippen LogP contribution >= 0.6 is 27.3 Å². The van der Waals surface area contributed by atoms with Crippen LogP contribution in [0.25, 0.3) is 0 Å². The molecule has 0 fully saturated rings. The van der Waals surface area contributed by atoms with E-state index in [0.717, 1.165) is 5.56 Å². The smallest absolute Gasteiger partial charge is 0.137 e. The van der Waals surface area contributed by atoms with Crippen LogP contribution in [0.3, 0.4) is 0 Å². The molecule has 0 amide bonds. The third-order valence-electron chi connectivity index (χ3n) is 3.62. The Morgan fingerprint density at radius 1 is 1.32 bits per heavy atom. The molecule has 1 heterocycles. The number of aryl methyl sites for hydroxylation is 2. The summed E-state index contributed by atoms with van der Waals surface area (Å²) < 4.78 is 13.9. The molecule has 0 bridgehead atoms. The number of nitrogens with one attached hydrogen (secondary N) is 1. The van der Waals surface area contributed by atoms with Gasteiger partial charge in [-0.2, -0.15) is 0 Å². The first-order chi connectivity index (χ1) is 9.19. The minimum atomic E-state index is -0.215. The first kappa shape index (κ1) is 13.3. The van der Waals surface area contributed by atoms with E-state index < -0.39 is 0 Å². The second-order valence-corrected chi connectivity index (χ2v) is 6.87. The SMILES string of the molecule is CNC(c1ccc(F)c(Br)c1)c1cc2c(s1)CCC2. The molecule has 0 saturated carbocycles. The lowest BCUT2D eigenvalue weighted by molar-refractivity contribution is 0.617. The summed E-state index contributed by atoms with van der Waals surface area (Å²) in [5.41, 5.74) is 2.59. The topological polar surface area (TPSA) is 12.0 Å². The Morgan fingerprint density at radius 2 is 2.16 bits per heavy atom. The number of hydrogen-bond acceptors (Lipinski definition) is 2. The lowest BCUT2D eigenvalue weighted by atomic mass is 10.0. The Morgan fingerprint density at radius 3 is 2.84 bits per heavy atom. The Kier molecular flexibility index (Phi) is 3.74. The fraction of sp³-hybridized carbons (Fsp3) is 0.333. The summed E-state index contributed by atoms with van der Waals surface area (Å²) in [7, 11) is 1.95. The Balaban J connectivity index is 1.96. The lowest BCUT2D eigenvalue weighted by Gasteiger charge is -2.15. The van der Waals surface area contributed by atoms with Gasteiger partial charge in [0.1, 0.15) is 5.82 Å². The molecule has 0 spiro atoms. The van der Waals surface area contributed by atoms with Gasteiger partial charge in [0.15, 0.2) is 0 Å². The zero-order chi connectivity index (χ0) is 13.4. The fourth-order valence-corrected chi connectivity index (χ4v) is 4.45. The van der Waals surface area contributed by atoms with E-state index in [9.17, 15) is 4.39 Å². The molecule has 1 aromatic carbocycles. The van der Waals surface area contributed by atoms with Gasteiger partial charge in [0.05, 0.1) is 10.5 Å². The number of rotatable bonds is 3. The van der Waals surface area contributed by atoms with E-state index >= 15 is 0 Å². The van der Waals surface area contributed by atoms with E-state index in [1.807, 2.05) is 30.5 Å². The van der Waals surface area contributed by atoms with Gasteiger partial charge in [-0.1, -0.05) is 6.07 Å². The van der Waals surface area contributed by atoms with Crippen LogP contribution in [0.1, 0.15) is 33.3 Å². The van der Waals surface area contributed by atoms with Crippen LogP contribution in [-0.4, -0.2) is 7.05 Å². The van der Waals surface area contributed by atoms with Crippen LogP contribution in [0.5, 0.6) is 0 Å². The van der Waals surface area contributed by atoms with Gasteiger partial charge in [-0.25, -0.2) is 4.39 Å². The Hall–Kier alpha value is -0.710. The van der Waals surface area contributed by atoms with E-state index in [1.54, 1.807) is 0 Å². The van der Waals surface area contributed by atoms with Crippen molar-refractivity contribution in [3.63, 3.8) is 0 Å². The molecule has 100 valence electrons. The normalized spacial score (nSPS) is 15.5. The van der Waals surface area contributed by atoms with Gasteiger partial charge in [0, 0.05) is 9.75 Å². The van der Waals surface area contributed by atoms with Gasteiger partial charge in [-0.15, -0.1) is 11.3 Å². The largest absolute Gasteiger partial charge is 0.309 e. The lowest BCUT2D eigenvalue weighted by Crippen LogP contribution is -2.16. The highest BCUT2D eigenvalue weighted by Crippen LogP contribution is 2.36. The van der Waals surface area contributed by atoms with Crippen molar-refractivity contribution >= 4 is 27.3 Å². The van der Waals surface area contributed by atoms with Gasteiger partial charge in [-0.3, -0.25) is 0 Å². The molecule has 0 aliphatic heterocycles. The molecular formula is C15H15BrFNS. The van der Waals surface area contributed by atoms with Crippen LogP contribution in [0.4, 0.5) is 4.39 Å². The zero-order valence-corrected chi connectivity index (χ0v) is 13.1. The van der Waals surface area contributed by atoms with E-state index in [1.165, 1.54) is 40.6 Å². The minimum absolute atomic E-state index is 0.146. The van der Waals surface area contributed by atoms with Crippen LogP contribution in [-0.2, 0) is 12.8 Å². The van der Waals surface area contributed by atoms with Gasteiger partial charge in [-0.05, 0) is 71.6 Å². The molecule has 1 unspecified atom stereocenters. The predicted octanol–water partition coefficient (Wildman–Crippen LogP) is 4.45. The molecule has 1 aliphatic carbocycles. The second-order valence-electron chi connectivity index (χ2n) is 4.85. The minimum Gasteiger partial charge on any atom is -0.309 e. The standard InChI is InChI=1S/C15H15BrFNS/c1-18-15(10-5-6-12(17)11(16)7-10)14-8-9-3-2-4-13(9)19-14/h5-8,15,18H,2-4H2,1H3. The summed E-state index contributed by atoms with van der Waals surface area (Å²) >= 11 is 5.15. The third kappa shape index (κ3) is 2.49. The average molecular weight is 340 g/mol. The molecule has 4 heteroatoms. The molecule has 0 radical (unpaired) electrons. The molecule has 0 saturated heterocycles. The molecule has 1 aliphatic rings. The van der Waals surface area contributed by atoms with Crippen molar-refractivity contribution in [3.05, 3.63) is 55.4 Å². The van der Waals surface area contributed by atoms with Crippen molar-refractivity contribution in [2.24, 2.45) is 0 Å². The highest BCUT2D eigenvalue weighted by molar-refractivity contribution is 9.10. The highest BCUT2D eigenvalue weighted by atomic mass is 79.9. The van der Waals surface area contributed by atoms with Crippen LogP contribution < -0.4 is 5.32 Å². The molecule has 1 aromatic heterocycles. The van der Waals surface area contributed by atoms with Gasteiger partial charge in [0.25, 0.3) is 0 Å². The molecule has 3 rings (SSSR count). The van der Waals surface area contributed by atoms with Gasteiger partial charge >= 0.3 is 0 Å². The zero-order valence-electron chi connectivity index (χ0n) is 10.7. The van der Waals surface area contributed by atoms with Crippen molar-refractivity contribution in [1.29, 1.82) is 0 Å². The predicted molar refractivity (Wildman–Crippen MR) is 81.3 cm³/mol. The molecular weight excluding hydrogens is 325 g/mol. The average Bonchev–Trinajstić information content (AvgIpc) is 2.95. The number of benzene rings is 1. The van der Waals surface area contributed by atoms with Crippen LogP contribution in [0.2, 0.25) is 0 Å². The molecule has 1 nitrogen and oxygen atoms in total. The number of halogens is 2. The summed E-state index contributed by atoms with van der Waals surface area (Å²) in [6, 6.07) is 7.69. The van der Waals surface area contributed by atoms with E-state index in [4.69, 9.17) is 0 Å². The molecule has 19 heavy (non-hydrogen) atoms. The van der Waals surface area contributed by atoms with Gasteiger partial charge < -0.3 is 5.32 Å². The van der Waals surface area contributed by atoms with Crippen molar-refractivity contribution in [3.8, 4) is 0 Å². The first-order valence-corrected chi connectivity index (χ1v) is 8.03. The van der Waals surface area contributed by atoms with Gasteiger partial charge in [0.2, 0.25) is 0 Å². The molecule has 1 atom stereocenters. The molecule has 1 N–H and O–H groups in total. The fourth-order valence-electron chi connectivity index (χ4n) is 2.66. The number of thiophene rings is 1. The van der Waals surface area contributed by atoms with Crippen molar-refractivity contribution < 1.29 is 4.39 Å². The van der Waals surface area contributed by atoms with Crippen LogP contribution in [0, 0.1) is 5.82 Å². The number of hydrogen-bond donors (Lipinski definition) is 1. The monoisotopic (exact) mass is 339 g/mol. The van der Waals surface area contributed by atoms with E-state index in [2.05, 4.69) is 27.3 Å². The summed E-state index contributed by atoms with van der Waals surface area (Å²) in [6.07, 6.45) is 3.70. The summed E-state index contributed by atoms with van der Waals surface area (Å²) in [4.78, 5) is 2.85. The quantitative estimate of drug-likeness (QED) is 0.871. The van der Waals surface area contributed by atoms with Crippen molar-refractivity contribution in [2.75, 3.05) is 7.05 Å². The summed E-state index contributed by atoms with van der Waals surface area (Å²) in [6.45, 7) is 0. The maximum Gasteiger partial charge on any atom is 0.137 e. The Labute approximate surface area is 125 Å². The summed E-state index contributed by atoms with van der Waals surface area (Å²) in [5, 5.41) is 3.34. The van der Waals surface area contributed by atoms with E-state index in [0.29, 0.717) is 4.47 Å². The first-order valence-electron chi connectivity index (χ1n) is 6.42. The third-order valence-corrected chi connectivity index (χ3v) is 5.53. The highest BCUT2D eigenvalue weighted by Gasteiger charge is 2.20. The Bertz CT molecular complexity index is 587. The van der Waals surface area contributed by atoms with E-state index in [-0.39, 0.29) is 11.9 Å². The second kappa shape index (κ2) is 5.35. The number of fused-ring (bicyclic) bond motifs is 1. The maximum atomic E-state index is 13.3. The summed E-state index contributed by atoms with van der Waals surface area (Å²) in [5.74, 6) is -0.215.